The Morgan fingerprint density at radius 3 is 2.44 bits per heavy atom. The summed E-state index contributed by atoms with van der Waals surface area (Å²) in [6, 6.07) is 4.65. The SMILES string of the molecule is CCCN(CC#Cc1ccc(Cl)c(F)c1)CCC. The summed E-state index contributed by atoms with van der Waals surface area (Å²) in [6.07, 6.45) is 2.24. The summed E-state index contributed by atoms with van der Waals surface area (Å²) >= 11 is 5.62. The normalized spacial score (nSPS) is 10.3. The van der Waals surface area contributed by atoms with E-state index in [4.69, 9.17) is 11.6 Å². The second-order valence-electron chi connectivity index (χ2n) is 4.21. The summed E-state index contributed by atoms with van der Waals surface area (Å²) in [5.74, 6) is 5.64. The zero-order valence-corrected chi connectivity index (χ0v) is 11.7. The lowest BCUT2D eigenvalue weighted by atomic mass is 10.2. The molecule has 3 heteroatoms. The van der Waals surface area contributed by atoms with Crippen LogP contribution < -0.4 is 0 Å². The molecular formula is C15H19ClFN. The maximum Gasteiger partial charge on any atom is 0.143 e. The highest BCUT2D eigenvalue weighted by molar-refractivity contribution is 6.30. The van der Waals surface area contributed by atoms with Crippen molar-refractivity contribution in [1.82, 2.24) is 4.90 Å². The van der Waals surface area contributed by atoms with Gasteiger partial charge in [0.25, 0.3) is 0 Å². The van der Waals surface area contributed by atoms with Gasteiger partial charge in [-0.1, -0.05) is 37.3 Å². The van der Waals surface area contributed by atoms with Gasteiger partial charge >= 0.3 is 0 Å². The molecule has 0 spiro atoms. The second kappa shape index (κ2) is 8.13. The van der Waals surface area contributed by atoms with Crippen LogP contribution in [0.1, 0.15) is 32.3 Å². The molecule has 0 radical (unpaired) electrons. The van der Waals surface area contributed by atoms with Gasteiger partial charge in [-0.05, 0) is 44.1 Å². The Balaban J connectivity index is 2.60. The van der Waals surface area contributed by atoms with E-state index in [0.717, 1.165) is 32.5 Å². The highest BCUT2D eigenvalue weighted by Gasteiger charge is 2.00. The Hall–Kier alpha value is -1.04. The van der Waals surface area contributed by atoms with Crippen molar-refractivity contribution in [2.24, 2.45) is 0 Å². The number of halogens is 2. The predicted octanol–water partition coefficient (Wildman–Crippen LogP) is 3.95. The van der Waals surface area contributed by atoms with Crippen molar-refractivity contribution in [1.29, 1.82) is 0 Å². The van der Waals surface area contributed by atoms with E-state index in [1.165, 1.54) is 12.1 Å². The molecule has 1 rings (SSSR count). The van der Waals surface area contributed by atoms with Gasteiger partial charge in [0.05, 0.1) is 11.6 Å². The predicted molar refractivity (Wildman–Crippen MR) is 75.3 cm³/mol. The molecule has 1 nitrogen and oxygen atoms in total. The van der Waals surface area contributed by atoms with Crippen molar-refractivity contribution < 1.29 is 4.39 Å². The third-order valence-electron chi connectivity index (χ3n) is 2.53. The zero-order chi connectivity index (χ0) is 13.4. The van der Waals surface area contributed by atoms with Crippen molar-refractivity contribution in [3.8, 4) is 11.8 Å². The van der Waals surface area contributed by atoms with Gasteiger partial charge < -0.3 is 0 Å². The first-order valence-electron chi connectivity index (χ1n) is 6.33. The average molecular weight is 268 g/mol. The van der Waals surface area contributed by atoms with E-state index in [-0.39, 0.29) is 5.02 Å². The lowest BCUT2D eigenvalue weighted by Gasteiger charge is -2.17. The lowest BCUT2D eigenvalue weighted by Crippen LogP contribution is -2.25. The standard InChI is InChI=1S/C15H19ClFN/c1-3-9-18(10-4-2)11-5-6-13-7-8-14(16)15(17)12-13/h7-8,12H,3-4,9-11H2,1-2H3. The minimum absolute atomic E-state index is 0.138. The summed E-state index contributed by atoms with van der Waals surface area (Å²) < 4.78 is 13.2. The molecule has 0 bridgehead atoms. The Kier molecular flexibility index (Phi) is 6.78. The second-order valence-corrected chi connectivity index (χ2v) is 4.61. The van der Waals surface area contributed by atoms with E-state index in [1.807, 2.05) is 0 Å². The fraction of sp³-hybridized carbons (Fsp3) is 0.467. The maximum atomic E-state index is 13.2. The molecule has 0 saturated carbocycles. The summed E-state index contributed by atoms with van der Waals surface area (Å²) in [5, 5.41) is 0.138. The highest BCUT2D eigenvalue weighted by atomic mass is 35.5. The minimum atomic E-state index is -0.414. The van der Waals surface area contributed by atoms with Gasteiger partial charge in [0.1, 0.15) is 5.82 Å². The quantitative estimate of drug-likeness (QED) is 0.730. The van der Waals surface area contributed by atoms with Gasteiger partial charge in [-0.2, -0.15) is 0 Å². The largest absolute Gasteiger partial charge is 0.292 e. The molecule has 1 aromatic carbocycles. The molecule has 0 aliphatic rings. The zero-order valence-electron chi connectivity index (χ0n) is 11.0. The summed E-state index contributed by atoms with van der Waals surface area (Å²) in [7, 11) is 0. The van der Waals surface area contributed by atoms with Crippen LogP contribution in [0.4, 0.5) is 4.39 Å². The molecule has 0 heterocycles. The summed E-state index contributed by atoms with van der Waals surface area (Å²) in [6.45, 7) is 7.15. The number of nitrogens with zero attached hydrogens (tertiary/aromatic N) is 1. The molecule has 0 aromatic heterocycles. The van der Waals surface area contributed by atoms with E-state index in [2.05, 4.69) is 30.6 Å². The summed E-state index contributed by atoms with van der Waals surface area (Å²) in [5.41, 5.74) is 0.671. The Morgan fingerprint density at radius 2 is 1.89 bits per heavy atom. The van der Waals surface area contributed by atoms with Gasteiger partial charge in [-0.25, -0.2) is 4.39 Å². The molecule has 0 atom stereocenters. The Morgan fingerprint density at radius 1 is 1.22 bits per heavy atom. The third-order valence-corrected chi connectivity index (χ3v) is 2.84. The van der Waals surface area contributed by atoms with E-state index in [1.54, 1.807) is 6.07 Å². The lowest BCUT2D eigenvalue weighted by molar-refractivity contribution is 0.308. The van der Waals surface area contributed by atoms with Gasteiger partial charge in [-0.3, -0.25) is 4.90 Å². The molecule has 0 amide bonds. The number of hydrogen-bond donors (Lipinski definition) is 0. The first kappa shape index (κ1) is 15.0. The molecular weight excluding hydrogens is 249 g/mol. The van der Waals surface area contributed by atoms with E-state index in [0.29, 0.717) is 5.56 Å². The first-order valence-corrected chi connectivity index (χ1v) is 6.71. The average Bonchev–Trinajstić information content (AvgIpc) is 2.34. The molecule has 0 saturated heterocycles. The van der Waals surface area contributed by atoms with Crippen molar-refractivity contribution in [2.45, 2.75) is 26.7 Å². The highest BCUT2D eigenvalue weighted by Crippen LogP contribution is 2.14. The van der Waals surface area contributed by atoms with Crippen LogP contribution in [0.2, 0.25) is 5.02 Å². The molecule has 0 fully saturated rings. The number of benzene rings is 1. The van der Waals surface area contributed by atoms with Gasteiger partial charge in [0.15, 0.2) is 0 Å². The Bertz CT molecular complexity index is 428. The number of rotatable bonds is 5. The monoisotopic (exact) mass is 267 g/mol. The van der Waals surface area contributed by atoms with Crippen molar-refractivity contribution in [2.75, 3.05) is 19.6 Å². The van der Waals surface area contributed by atoms with Crippen LogP contribution in [0, 0.1) is 17.7 Å². The van der Waals surface area contributed by atoms with Crippen molar-refractivity contribution >= 4 is 11.6 Å². The first-order chi connectivity index (χ1) is 8.67. The topological polar surface area (TPSA) is 3.24 Å². The van der Waals surface area contributed by atoms with Gasteiger partial charge in [0, 0.05) is 5.56 Å². The fourth-order valence-corrected chi connectivity index (χ4v) is 1.85. The number of hydrogen-bond acceptors (Lipinski definition) is 1. The molecule has 18 heavy (non-hydrogen) atoms. The van der Waals surface area contributed by atoms with Crippen molar-refractivity contribution in [3.05, 3.63) is 34.6 Å². The van der Waals surface area contributed by atoms with Crippen LogP contribution in [0.25, 0.3) is 0 Å². The van der Waals surface area contributed by atoms with E-state index in [9.17, 15) is 4.39 Å². The smallest absolute Gasteiger partial charge is 0.143 e. The maximum absolute atomic E-state index is 13.2. The van der Waals surface area contributed by atoms with Gasteiger partial charge in [0.2, 0.25) is 0 Å². The van der Waals surface area contributed by atoms with E-state index >= 15 is 0 Å². The molecule has 0 N–H and O–H groups in total. The molecule has 0 aliphatic heterocycles. The molecule has 1 aromatic rings. The summed E-state index contributed by atoms with van der Waals surface area (Å²) in [4.78, 5) is 2.30. The molecule has 0 unspecified atom stereocenters. The van der Waals surface area contributed by atoms with Gasteiger partial charge in [-0.15, -0.1) is 0 Å². The van der Waals surface area contributed by atoms with Crippen LogP contribution in [0.3, 0.4) is 0 Å². The van der Waals surface area contributed by atoms with Crippen LogP contribution in [0.5, 0.6) is 0 Å². The molecule has 0 aliphatic carbocycles. The van der Waals surface area contributed by atoms with E-state index < -0.39 is 5.82 Å². The third kappa shape index (κ3) is 5.08. The fourth-order valence-electron chi connectivity index (χ4n) is 1.73. The van der Waals surface area contributed by atoms with Crippen LogP contribution in [-0.2, 0) is 0 Å². The van der Waals surface area contributed by atoms with Crippen LogP contribution in [0.15, 0.2) is 18.2 Å². The van der Waals surface area contributed by atoms with Crippen LogP contribution in [-0.4, -0.2) is 24.5 Å². The van der Waals surface area contributed by atoms with Crippen molar-refractivity contribution in [3.63, 3.8) is 0 Å². The molecule has 98 valence electrons. The van der Waals surface area contributed by atoms with Crippen LogP contribution >= 0.6 is 11.6 Å². The minimum Gasteiger partial charge on any atom is -0.292 e. The Labute approximate surface area is 114 Å².